The molecule has 0 bridgehead atoms. The molecule has 3 nitrogen and oxygen atoms in total. The third-order valence-corrected chi connectivity index (χ3v) is 3.85. The van der Waals surface area contributed by atoms with Crippen molar-refractivity contribution in [2.24, 2.45) is 0 Å². The molecular formula is C17H13BrO3. The number of carbonyl (C=O) groups excluding carboxylic acids is 1. The summed E-state index contributed by atoms with van der Waals surface area (Å²) in [7, 11) is 1.58. The van der Waals surface area contributed by atoms with Crippen LogP contribution in [0.4, 0.5) is 0 Å². The Morgan fingerprint density at radius 1 is 1.19 bits per heavy atom. The van der Waals surface area contributed by atoms with Crippen LogP contribution in [0.25, 0.3) is 6.08 Å². The van der Waals surface area contributed by atoms with E-state index >= 15 is 0 Å². The average molecular weight is 345 g/mol. The van der Waals surface area contributed by atoms with Crippen LogP contribution in [0, 0.1) is 0 Å². The lowest BCUT2D eigenvalue weighted by atomic mass is 9.98. The maximum absolute atomic E-state index is 12.5. The van der Waals surface area contributed by atoms with Gasteiger partial charge >= 0.3 is 0 Å². The molecule has 106 valence electrons. The fourth-order valence-corrected chi connectivity index (χ4v) is 2.47. The first-order valence-corrected chi connectivity index (χ1v) is 7.28. The molecule has 0 amide bonds. The van der Waals surface area contributed by atoms with E-state index in [1.54, 1.807) is 25.3 Å². The highest BCUT2D eigenvalue weighted by molar-refractivity contribution is 9.10. The Labute approximate surface area is 131 Å². The molecule has 2 aromatic carbocycles. The van der Waals surface area contributed by atoms with Crippen LogP contribution in [0.5, 0.6) is 11.5 Å². The van der Waals surface area contributed by atoms with Gasteiger partial charge in [-0.3, -0.25) is 4.79 Å². The summed E-state index contributed by atoms with van der Waals surface area (Å²) in [5.74, 6) is 1.24. The van der Waals surface area contributed by atoms with E-state index in [0.717, 1.165) is 10.0 Å². The molecule has 0 saturated carbocycles. The number of ether oxygens (including phenoxy) is 2. The number of carbonyl (C=O) groups is 1. The molecule has 1 heterocycles. The molecule has 0 aliphatic carbocycles. The molecule has 0 radical (unpaired) electrons. The van der Waals surface area contributed by atoms with E-state index in [1.165, 1.54) is 0 Å². The van der Waals surface area contributed by atoms with Crippen molar-refractivity contribution in [2.45, 2.75) is 0 Å². The van der Waals surface area contributed by atoms with Crippen LogP contribution in [-0.2, 0) is 0 Å². The number of Topliss-reactive ketones (excluding diaryl/α,β-unsaturated/α-hetero) is 1. The summed E-state index contributed by atoms with van der Waals surface area (Å²) in [6, 6.07) is 13.1. The fraction of sp³-hybridized carbons (Fsp3) is 0.118. The van der Waals surface area contributed by atoms with Crippen LogP contribution < -0.4 is 9.47 Å². The fourth-order valence-electron chi connectivity index (χ4n) is 2.20. The van der Waals surface area contributed by atoms with Gasteiger partial charge in [0.15, 0.2) is 5.78 Å². The number of methoxy groups -OCH3 is 1. The van der Waals surface area contributed by atoms with Crippen LogP contribution in [0.1, 0.15) is 15.9 Å². The van der Waals surface area contributed by atoms with Gasteiger partial charge in [-0.15, -0.1) is 0 Å². The van der Waals surface area contributed by atoms with Gasteiger partial charge in [-0.25, -0.2) is 0 Å². The second kappa shape index (κ2) is 5.74. The predicted molar refractivity (Wildman–Crippen MR) is 84.9 cm³/mol. The van der Waals surface area contributed by atoms with Crippen molar-refractivity contribution < 1.29 is 14.3 Å². The van der Waals surface area contributed by atoms with Crippen LogP contribution in [0.3, 0.4) is 0 Å². The molecule has 4 heteroatoms. The Morgan fingerprint density at radius 3 is 2.67 bits per heavy atom. The molecule has 3 rings (SSSR count). The van der Waals surface area contributed by atoms with E-state index in [-0.39, 0.29) is 12.4 Å². The first kappa shape index (κ1) is 13.9. The Balaban J connectivity index is 1.96. The topological polar surface area (TPSA) is 35.5 Å². The van der Waals surface area contributed by atoms with Crippen molar-refractivity contribution in [1.82, 2.24) is 0 Å². The Bertz CT molecular complexity index is 717. The first-order valence-electron chi connectivity index (χ1n) is 6.49. The minimum atomic E-state index is -0.0157. The van der Waals surface area contributed by atoms with Crippen molar-refractivity contribution in [2.75, 3.05) is 13.7 Å². The van der Waals surface area contributed by atoms with Gasteiger partial charge in [0, 0.05) is 10.0 Å². The summed E-state index contributed by atoms with van der Waals surface area (Å²) in [6.07, 6.45) is 1.86. The third-order valence-electron chi connectivity index (χ3n) is 3.32. The van der Waals surface area contributed by atoms with E-state index in [1.807, 2.05) is 30.3 Å². The summed E-state index contributed by atoms with van der Waals surface area (Å²) in [6.45, 7) is 0.286. The highest BCUT2D eigenvalue weighted by Gasteiger charge is 2.23. The molecule has 0 saturated heterocycles. The Morgan fingerprint density at radius 2 is 1.95 bits per heavy atom. The smallest absolute Gasteiger partial charge is 0.196 e. The number of fused-ring (bicyclic) bond motifs is 1. The summed E-state index contributed by atoms with van der Waals surface area (Å²) in [4.78, 5) is 12.5. The van der Waals surface area contributed by atoms with E-state index in [4.69, 9.17) is 9.47 Å². The molecule has 2 aromatic rings. The summed E-state index contributed by atoms with van der Waals surface area (Å²) >= 11 is 3.39. The van der Waals surface area contributed by atoms with Gasteiger partial charge in [-0.05, 0) is 42.0 Å². The minimum Gasteiger partial charge on any atom is -0.497 e. The molecule has 21 heavy (non-hydrogen) atoms. The number of halogens is 1. The standard InChI is InChI=1S/C17H13BrO3/c1-20-14-6-7-16-15(9-14)17(19)12(10-21-16)8-11-2-4-13(18)5-3-11/h2-9H,10H2,1H3/b12-8-. The predicted octanol–water partition coefficient (Wildman–Crippen LogP) is 4.12. The number of ketones is 1. The maximum atomic E-state index is 12.5. The molecule has 1 aliphatic heterocycles. The zero-order valence-corrected chi connectivity index (χ0v) is 13.0. The molecule has 0 spiro atoms. The lowest BCUT2D eigenvalue weighted by Crippen LogP contribution is -2.19. The lowest BCUT2D eigenvalue weighted by molar-refractivity contribution is 0.100. The van der Waals surface area contributed by atoms with Crippen LogP contribution >= 0.6 is 15.9 Å². The SMILES string of the molecule is COc1ccc2c(c1)C(=O)/C(=C\c1ccc(Br)cc1)CO2. The van der Waals surface area contributed by atoms with Crippen LogP contribution in [-0.4, -0.2) is 19.5 Å². The molecule has 0 aromatic heterocycles. The van der Waals surface area contributed by atoms with Gasteiger partial charge in [0.2, 0.25) is 0 Å². The van der Waals surface area contributed by atoms with Gasteiger partial charge in [0.25, 0.3) is 0 Å². The van der Waals surface area contributed by atoms with Gasteiger partial charge in [0.05, 0.1) is 12.7 Å². The van der Waals surface area contributed by atoms with Gasteiger partial charge in [0.1, 0.15) is 18.1 Å². The zero-order valence-electron chi connectivity index (χ0n) is 11.4. The zero-order chi connectivity index (χ0) is 14.8. The molecule has 0 N–H and O–H groups in total. The molecule has 0 atom stereocenters. The van der Waals surface area contributed by atoms with Crippen LogP contribution in [0.15, 0.2) is 52.5 Å². The van der Waals surface area contributed by atoms with Crippen molar-refractivity contribution in [3.63, 3.8) is 0 Å². The van der Waals surface area contributed by atoms with E-state index in [0.29, 0.717) is 22.6 Å². The lowest BCUT2D eigenvalue weighted by Gasteiger charge is -2.19. The van der Waals surface area contributed by atoms with E-state index in [9.17, 15) is 4.79 Å². The summed E-state index contributed by atoms with van der Waals surface area (Å²) < 4.78 is 11.8. The Hall–Kier alpha value is -2.07. The number of benzene rings is 2. The molecule has 0 unspecified atom stereocenters. The quantitative estimate of drug-likeness (QED) is 0.769. The second-order valence-corrected chi connectivity index (χ2v) is 5.62. The highest BCUT2D eigenvalue weighted by atomic mass is 79.9. The third kappa shape index (κ3) is 2.85. The van der Waals surface area contributed by atoms with Gasteiger partial charge < -0.3 is 9.47 Å². The maximum Gasteiger partial charge on any atom is 0.196 e. The number of hydrogen-bond donors (Lipinski definition) is 0. The highest BCUT2D eigenvalue weighted by Crippen LogP contribution is 2.31. The average Bonchev–Trinajstić information content (AvgIpc) is 2.52. The van der Waals surface area contributed by atoms with Crippen molar-refractivity contribution in [3.05, 3.63) is 63.6 Å². The van der Waals surface area contributed by atoms with Crippen LogP contribution in [0.2, 0.25) is 0 Å². The van der Waals surface area contributed by atoms with Crippen molar-refractivity contribution >= 4 is 27.8 Å². The van der Waals surface area contributed by atoms with E-state index < -0.39 is 0 Å². The van der Waals surface area contributed by atoms with Crippen molar-refractivity contribution in [3.8, 4) is 11.5 Å². The summed E-state index contributed by atoms with van der Waals surface area (Å²) in [5.41, 5.74) is 2.15. The van der Waals surface area contributed by atoms with Crippen molar-refractivity contribution in [1.29, 1.82) is 0 Å². The number of rotatable bonds is 2. The normalized spacial score (nSPS) is 15.5. The molecular weight excluding hydrogens is 332 g/mol. The Kier molecular flexibility index (Phi) is 3.80. The largest absolute Gasteiger partial charge is 0.497 e. The first-order chi connectivity index (χ1) is 10.2. The monoisotopic (exact) mass is 344 g/mol. The van der Waals surface area contributed by atoms with Gasteiger partial charge in [-0.1, -0.05) is 28.1 Å². The molecule has 0 fully saturated rings. The van der Waals surface area contributed by atoms with E-state index in [2.05, 4.69) is 15.9 Å². The van der Waals surface area contributed by atoms with Gasteiger partial charge in [-0.2, -0.15) is 0 Å². The second-order valence-electron chi connectivity index (χ2n) is 4.70. The minimum absolute atomic E-state index is 0.0157. The number of hydrogen-bond acceptors (Lipinski definition) is 3. The summed E-state index contributed by atoms with van der Waals surface area (Å²) in [5, 5.41) is 0. The molecule has 1 aliphatic rings.